The normalized spacial score (nSPS) is 20.4. The molecular formula is C17H16O3. The van der Waals surface area contributed by atoms with Crippen molar-refractivity contribution in [2.24, 2.45) is 5.92 Å². The summed E-state index contributed by atoms with van der Waals surface area (Å²) in [5, 5.41) is 9.04. The first-order chi connectivity index (χ1) is 9.75. The van der Waals surface area contributed by atoms with Gasteiger partial charge in [-0.1, -0.05) is 48.5 Å². The molecule has 2 unspecified atom stereocenters. The van der Waals surface area contributed by atoms with Crippen LogP contribution in [0.1, 0.15) is 23.5 Å². The Morgan fingerprint density at radius 1 is 1.10 bits per heavy atom. The lowest BCUT2D eigenvalue weighted by Gasteiger charge is -2.11. The van der Waals surface area contributed by atoms with Gasteiger partial charge in [0.2, 0.25) is 0 Å². The first-order valence-corrected chi connectivity index (χ1v) is 6.74. The van der Waals surface area contributed by atoms with E-state index in [1.165, 1.54) is 0 Å². The topological polar surface area (TPSA) is 46.5 Å². The molecule has 0 amide bonds. The van der Waals surface area contributed by atoms with Crippen molar-refractivity contribution in [1.29, 1.82) is 0 Å². The monoisotopic (exact) mass is 268 g/mol. The van der Waals surface area contributed by atoms with Crippen LogP contribution in [-0.4, -0.2) is 11.1 Å². The lowest BCUT2D eigenvalue weighted by Crippen LogP contribution is -2.01. The third-order valence-corrected chi connectivity index (χ3v) is 3.66. The van der Waals surface area contributed by atoms with Crippen LogP contribution >= 0.6 is 0 Å². The maximum absolute atomic E-state index is 11.0. The van der Waals surface area contributed by atoms with Crippen LogP contribution < -0.4 is 4.74 Å². The molecule has 2 aromatic carbocycles. The number of benzene rings is 2. The van der Waals surface area contributed by atoms with Crippen LogP contribution in [0.3, 0.4) is 0 Å². The molecule has 102 valence electrons. The van der Waals surface area contributed by atoms with Crippen molar-refractivity contribution >= 4 is 5.97 Å². The van der Waals surface area contributed by atoms with E-state index in [2.05, 4.69) is 0 Å². The molecule has 0 heterocycles. The van der Waals surface area contributed by atoms with E-state index in [1.54, 1.807) is 0 Å². The number of carbonyl (C=O) groups is 1. The van der Waals surface area contributed by atoms with Crippen molar-refractivity contribution in [3.05, 3.63) is 65.7 Å². The van der Waals surface area contributed by atoms with Gasteiger partial charge in [-0.2, -0.15) is 0 Å². The fourth-order valence-corrected chi connectivity index (χ4v) is 2.47. The summed E-state index contributed by atoms with van der Waals surface area (Å²) in [5.41, 5.74) is 2.11. The predicted octanol–water partition coefficient (Wildman–Crippen LogP) is 3.45. The second kappa shape index (κ2) is 5.37. The molecule has 2 atom stereocenters. The Hall–Kier alpha value is -2.29. The number of ether oxygens (including phenoxy) is 1. The number of rotatable bonds is 5. The van der Waals surface area contributed by atoms with Gasteiger partial charge < -0.3 is 9.84 Å². The summed E-state index contributed by atoms with van der Waals surface area (Å²) in [6, 6.07) is 17.7. The SMILES string of the molecule is O=C(O)C1CC1c1ccccc1OCc1ccccc1. The van der Waals surface area contributed by atoms with E-state index in [9.17, 15) is 4.79 Å². The molecule has 1 aliphatic carbocycles. The average molecular weight is 268 g/mol. The van der Waals surface area contributed by atoms with Gasteiger partial charge in [-0.3, -0.25) is 4.79 Å². The number of hydrogen-bond donors (Lipinski definition) is 1. The average Bonchev–Trinajstić information content (AvgIpc) is 3.27. The number of para-hydroxylation sites is 1. The van der Waals surface area contributed by atoms with Crippen molar-refractivity contribution < 1.29 is 14.6 Å². The van der Waals surface area contributed by atoms with Gasteiger partial charge in [-0.25, -0.2) is 0 Å². The van der Waals surface area contributed by atoms with Gasteiger partial charge in [0.25, 0.3) is 0 Å². The summed E-state index contributed by atoms with van der Waals surface area (Å²) in [6.45, 7) is 0.502. The van der Waals surface area contributed by atoms with E-state index in [4.69, 9.17) is 9.84 Å². The standard InChI is InChI=1S/C17H16O3/c18-17(19)15-10-14(15)13-8-4-5-9-16(13)20-11-12-6-2-1-3-7-12/h1-9,14-15H,10-11H2,(H,18,19). The van der Waals surface area contributed by atoms with Gasteiger partial charge in [0.1, 0.15) is 12.4 Å². The smallest absolute Gasteiger partial charge is 0.307 e. The van der Waals surface area contributed by atoms with E-state index in [0.717, 1.165) is 16.9 Å². The molecular weight excluding hydrogens is 252 g/mol. The minimum atomic E-state index is -0.715. The Labute approximate surface area is 117 Å². The second-order valence-corrected chi connectivity index (χ2v) is 5.10. The van der Waals surface area contributed by atoms with Crippen LogP contribution in [0.2, 0.25) is 0 Å². The Kier molecular flexibility index (Phi) is 3.42. The minimum absolute atomic E-state index is 0.0967. The molecule has 1 saturated carbocycles. The van der Waals surface area contributed by atoms with Gasteiger partial charge in [0.05, 0.1) is 5.92 Å². The molecule has 1 N–H and O–H groups in total. The Balaban J connectivity index is 1.72. The van der Waals surface area contributed by atoms with E-state index >= 15 is 0 Å². The maximum atomic E-state index is 11.0. The summed E-state index contributed by atoms with van der Waals surface area (Å²) in [5.74, 6) is -0.0751. The molecule has 3 heteroatoms. The highest BCUT2D eigenvalue weighted by atomic mass is 16.5. The molecule has 2 aromatic rings. The Morgan fingerprint density at radius 2 is 1.80 bits per heavy atom. The molecule has 1 fully saturated rings. The number of hydrogen-bond acceptors (Lipinski definition) is 2. The van der Waals surface area contributed by atoms with E-state index < -0.39 is 5.97 Å². The zero-order valence-corrected chi connectivity index (χ0v) is 11.0. The second-order valence-electron chi connectivity index (χ2n) is 5.10. The molecule has 0 aromatic heterocycles. The van der Waals surface area contributed by atoms with Crippen molar-refractivity contribution in [2.45, 2.75) is 18.9 Å². The summed E-state index contributed by atoms with van der Waals surface area (Å²) in [7, 11) is 0. The quantitative estimate of drug-likeness (QED) is 0.903. The zero-order chi connectivity index (χ0) is 13.9. The molecule has 0 bridgehead atoms. The van der Waals surface area contributed by atoms with Gasteiger partial charge in [0, 0.05) is 5.92 Å². The molecule has 0 spiro atoms. The van der Waals surface area contributed by atoms with Crippen LogP contribution in [0.5, 0.6) is 5.75 Å². The van der Waals surface area contributed by atoms with Gasteiger partial charge in [-0.15, -0.1) is 0 Å². The molecule has 0 radical (unpaired) electrons. The van der Waals surface area contributed by atoms with Crippen molar-refractivity contribution in [3.63, 3.8) is 0 Å². The lowest BCUT2D eigenvalue weighted by molar-refractivity contribution is -0.138. The highest BCUT2D eigenvalue weighted by molar-refractivity contribution is 5.75. The molecule has 0 aliphatic heterocycles. The van der Waals surface area contributed by atoms with E-state index in [1.807, 2.05) is 54.6 Å². The van der Waals surface area contributed by atoms with Gasteiger partial charge in [-0.05, 0) is 23.6 Å². The van der Waals surface area contributed by atoms with E-state index in [0.29, 0.717) is 13.0 Å². The molecule has 1 aliphatic rings. The summed E-state index contributed by atoms with van der Waals surface area (Å²) in [4.78, 5) is 11.0. The third kappa shape index (κ3) is 2.67. The fourth-order valence-electron chi connectivity index (χ4n) is 2.47. The highest BCUT2D eigenvalue weighted by Gasteiger charge is 2.45. The summed E-state index contributed by atoms with van der Waals surface area (Å²) < 4.78 is 5.86. The van der Waals surface area contributed by atoms with Crippen molar-refractivity contribution in [1.82, 2.24) is 0 Å². The van der Waals surface area contributed by atoms with Crippen LogP contribution in [0, 0.1) is 5.92 Å². The Morgan fingerprint density at radius 3 is 2.50 bits per heavy atom. The third-order valence-electron chi connectivity index (χ3n) is 3.66. The molecule has 20 heavy (non-hydrogen) atoms. The number of carboxylic acid groups (broad SMARTS) is 1. The first-order valence-electron chi connectivity index (χ1n) is 6.74. The highest BCUT2D eigenvalue weighted by Crippen LogP contribution is 2.50. The molecule has 3 nitrogen and oxygen atoms in total. The summed E-state index contributed by atoms with van der Waals surface area (Å²) in [6.07, 6.45) is 0.709. The predicted molar refractivity (Wildman–Crippen MR) is 75.7 cm³/mol. The van der Waals surface area contributed by atoms with Crippen molar-refractivity contribution in [2.75, 3.05) is 0 Å². The maximum Gasteiger partial charge on any atom is 0.307 e. The largest absolute Gasteiger partial charge is 0.489 e. The van der Waals surface area contributed by atoms with E-state index in [-0.39, 0.29) is 11.8 Å². The minimum Gasteiger partial charge on any atom is -0.489 e. The van der Waals surface area contributed by atoms with Crippen LogP contribution in [0.25, 0.3) is 0 Å². The van der Waals surface area contributed by atoms with Crippen LogP contribution in [0.15, 0.2) is 54.6 Å². The first kappa shape index (κ1) is 12.7. The van der Waals surface area contributed by atoms with Crippen LogP contribution in [0.4, 0.5) is 0 Å². The summed E-state index contributed by atoms with van der Waals surface area (Å²) >= 11 is 0. The van der Waals surface area contributed by atoms with Gasteiger partial charge in [0.15, 0.2) is 0 Å². The molecule has 3 rings (SSSR count). The zero-order valence-electron chi connectivity index (χ0n) is 11.0. The van der Waals surface area contributed by atoms with Crippen LogP contribution in [-0.2, 0) is 11.4 Å². The lowest BCUT2D eigenvalue weighted by atomic mass is 10.1. The fraction of sp³-hybridized carbons (Fsp3) is 0.235. The number of aliphatic carboxylic acids is 1. The molecule has 0 saturated heterocycles. The van der Waals surface area contributed by atoms with Crippen molar-refractivity contribution in [3.8, 4) is 5.75 Å². The number of carboxylic acids is 1. The Bertz CT molecular complexity index is 607. The van der Waals surface area contributed by atoms with Gasteiger partial charge >= 0.3 is 5.97 Å².